The number of aryl methyl sites for hydroxylation is 1. The largest absolute Gasteiger partial charge is 0.493 e. The molecule has 1 aliphatic heterocycles. The van der Waals surface area contributed by atoms with Gasteiger partial charge in [-0.15, -0.1) is 0 Å². The molecule has 7 heteroatoms. The molecule has 0 radical (unpaired) electrons. The summed E-state index contributed by atoms with van der Waals surface area (Å²) >= 11 is 0. The van der Waals surface area contributed by atoms with Crippen molar-refractivity contribution in [2.24, 2.45) is 0 Å². The van der Waals surface area contributed by atoms with E-state index in [4.69, 9.17) is 14.2 Å². The lowest BCUT2D eigenvalue weighted by molar-refractivity contribution is -0.117. The minimum absolute atomic E-state index is 0.108. The van der Waals surface area contributed by atoms with Crippen LogP contribution in [0.5, 0.6) is 17.2 Å². The normalized spacial score (nSPS) is 13.4. The smallest absolute Gasteiger partial charge is 0.255 e. The Labute approximate surface area is 164 Å². The Morgan fingerprint density at radius 1 is 1.04 bits per heavy atom. The lowest BCUT2D eigenvalue weighted by atomic mass is 10.1. The predicted octanol–water partition coefficient (Wildman–Crippen LogP) is 3.40. The Morgan fingerprint density at radius 3 is 2.25 bits per heavy atom. The second kappa shape index (κ2) is 8.21. The number of hydrogen-bond donors (Lipinski definition) is 1. The zero-order valence-corrected chi connectivity index (χ0v) is 16.5. The summed E-state index contributed by atoms with van der Waals surface area (Å²) in [5, 5.41) is 2.88. The Kier molecular flexibility index (Phi) is 5.73. The third kappa shape index (κ3) is 3.74. The number of carbonyl (C=O) groups is 2. The number of benzene rings is 2. The van der Waals surface area contributed by atoms with Crippen LogP contribution in [0.4, 0.5) is 11.4 Å². The van der Waals surface area contributed by atoms with Gasteiger partial charge in [-0.25, -0.2) is 0 Å². The maximum absolute atomic E-state index is 12.8. The monoisotopic (exact) mass is 384 g/mol. The minimum Gasteiger partial charge on any atom is -0.493 e. The van der Waals surface area contributed by atoms with Crippen LogP contribution in [-0.2, 0) is 4.79 Å². The van der Waals surface area contributed by atoms with Gasteiger partial charge in [0.15, 0.2) is 11.5 Å². The number of nitrogens with one attached hydrogen (secondary N) is 1. The molecule has 0 saturated carbocycles. The fourth-order valence-corrected chi connectivity index (χ4v) is 3.30. The van der Waals surface area contributed by atoms with Gasteiger partial charge in [-0.05, 0) is 43.2 Å². The van der Waals surface area contributed by atoms with Crippen LogP contribution >= 0.6 is 0 Å². The van der Waals surface area contributed by atoms with E-state index in [1.807, 2.05) is 25.1 Å². The van der Waals surface area contributed by atoms with Crippen LogP contribution in [0.25, 0.3) is 0 Å². The number of ether oxygens (including phenoxy) is 3. The molecule has 0 aromatic heterocycles. The SMILES string of the molecule is COc1cc(C(=O)Nc2ccc(C)c(N3CCCC3=O)c2)cc(OC)c1OC. The molecular formula is C21H24N2O5. The second-order valence-corrected chi connectivity index (χ2v) is 6.52. The molecule has 0 bridgehead atoms. The van der Waals surface area contributed by atoms with Crippen molar-refractivity contribution in [3.05, 3.63) is 41.5 Å². The summed E-state index contributed by atoms with van der Waals surface area (Å²) < 4.78 is 15.9. The van der Waals surface area contributed by atoms with Gasteiger partial charge in [0.1, 0.15) is 0 Å². The molecule has 0 unspecified atom stereocenters. The van der Waals surface area contributed by atoms with Crippen molar-refractivity contribution < 1.29 is 23.8 Å². The van der Waals surface area contributed by atoms with Gasteiger partial charge in [0.05, 0.1) is 21.3 Å². The number of nitrogens with zero attached hydrogens (tertiary/aromatic N) is 1. The van der Waals surface area contributed by atoms with Crippen molar-refractivity contribution in [3.63, 3.8) is 0 Å². The van der Waals surface area contributed by atoms with Crippen LogP contribution in [0.2, 0.25) is 0 Å². The average molecular weight is 384 g/mol. The van der Waals surface area contributed by atoms with Gasteiger partial charge in [-0.3, -0.25) is 9.59 Å². The maximum atomic E-state index is 12.8. The van der Waals surface area contributed by atoms with Crippen LogP contribution in [0.3, 0.4) is 0 Å². The number of rotatable bonds is 6. The topological polar surface area (TPSA) is 77.1 Å². The molecule has 0 aliphatic carbocycles. The standard InChI is InChI=1S/C21H24N2O5/c1-13-7-8-15(12-16(13)23-9-5-6-19(23)24)22-21(25)14-10-17(26-2)20(28-4)18(11-14)27-3/h7-8,10-12H,5-6,9H2,1-4H3,(H,22,25). The van der Waals surface area contributed by atoms with Gasteiger partial charge in [0.25, 0.3) is 5.91 Å². The van der Waals surface area contributed by atoms with Crippen molar-refractivity contribution >= 4 is 23.2 Å². The number of hydrogen-bond acceptors (Lipinski definition) is 5. The van der Waals surface area contributed by atoms with Crippen LogP contribution in [-0.4, -0.2) is 39.7 Å². The van der Waals surface area contributed by atoms with Crippen molar-refractivity contribution in [2.45, 2.75) is 19.8 Å². The molecule has 1 fully saturated rings. The minimum atomic E-state index is -0.318. The fraction of sp³-hybridized carbons (Fsp3) is 0.333. The molecule has 2 aromatic rings. The van der Waals surface area contributed by atoms with E-state index in [9.17, 15) is 9.59 Å². The molecule has 3 rings (SSSR count). The molecule has 28 heavy (non-hydrogen) atoms. The predicted molar refractivity (Wildman–Crippen MR) is 107 cm³/mol. The number of carbonyl (C=O) groups excluding carboxylic acids is 2. The molecule has 2 amide bonds. The van der Waals surface area contributed by atoms with Gasteiger partial charge in [0.2, 0.25) is 11.7 Å². The van der Waals surface area contributed by atoms with E-state index >= 15 is 0 Å². The Hall–Kier alpha value is -3.22. The Balaban J connectivity index is 1.88. The van der Waals surface area contributed by atoms with Crippen molar-refractivity contribution in [2.75, 3.05) is 38.1 Å². The summed E-state index contributed by atoms with van der Waals surface area (Å²) in [5.41, 5.74) is 2.79. The first-order valence-corrected chi connectivity index (χ1v) is 9.01. The Bertz CT molecular complexity index is 885. The van der Waals surface area contributed by atoms with Gasteiger partial charge in [0, 0.05) is 29.9 Å². The first-order valence-electron chi connectivity index (χ1n) is 9.01. The highest BCUT2D eigenvalue weighted by Crippen LogP contribution is 2.38. The van der Waals surface area contributed by atoms with E-state index in [1.54, 1.807) is 17.0 Å². The molecular weight excluding hydrogens is 360 g/mol. The maximum Gasteiger partial charge on any atom is 0.255 e. The van der Waals surface area contributed by atoms with E-state index in [0.29, 0.717) is 41.5 Å². The van der Waals surface area contributed by atoms with Crippen LogP contribution in [0, 0.1) is 6.92 Å². The van der Waals surface area contributed by atoms with Crippen LogP contribution in [0.15, 0.2) is 30.3 Å². The van der Waals surface area contributed by atoms with Gasteiger partial charge >= 0.3 is 0 Å². The van der Waals surface area contributed by atoms with Crippen molar-refractivity contribution in [3.8, 4) is 17.2 Å². The first kappa shape index (κ1) is 19.5. The van der Waals surface area contributed by atoms with E-state index in [0.717, 1.165) is 17.7 Å². The third-order valence-corrected chi connectivity index (χ3v) is 4.76. The lowest BCUT2D eigenvalue weighted by Crippen LogP contribution is -2.24. The summed E-state index contributed by atoms with van der Waals surface area (Å²) in [6.45, 7) is 2.65. The summed E-state index contributed by atoms with van der Waals surface area (Å²) in [7, 11) is 4.50. The first-order chi connectivity index (χ1) is 13.5. The molecule has 1 aliphatic rings. The number of anilines is 2. The van der Waals surface area contributed by atoms with Crippen molar-refractivity contribution in [1.29, 1.82) is 0 Å². The molecule has 2 aromatic carbocycles. The molecule has 1 saturated heterocycles. The van der Waals surface area contributed by atoms with E-state index in [-0.39, 0.29) is 11.8 Å². The van der Waals surface area contributed by atoms with Gasteiger partial charge in [-0.2, -0.15) is 0 Å². The molecule has 0 atom stereocenters. The molecule has 1 heterocycles. The zero-order valence-electron chi connectivity index (χ0n) is 16.5. The highest BCUT2D eigenvalue weighted by molar-refractivity contribution is 6.06. The summed E-state index contributed by atoms with van der Waals surface area (Å²) in [4.78, 5) is 26.6. The Morgan fingerprint density at radius 2 is 1.71 bits per heavy atom. The number of methoxy groups -OCH3 is 3. The van der Waals surface area contributed by atoms with Crippen LogP contribution in [0.1, 0.15) is 28.8 Å². The van der Waals surface area contributed by atoms with Gasteiger partial charge in [-0.1, -0.05) is 6.07 Å². The van der Waals surface area contributed by atoms with E-state index in [1.165, 1.54) is 21.3 Å². The quantitative estimate of drug-likeness (QED) is 0.826. The molecule has 148 valence electrons. The van der Waals surface area contributed by atoms with Gasteiger partial charge < -0.3 is 24.4 Å². The lowest BCUT2D eigenvalue weighted by Gasteiger charge is -2.19. The number of amides is 2. The second-order valence-electron chi connectivity index (χ2n) is 6.52. The summed E-state index contributed by atoms with van der Waals surface area (Å²) in [5.74, 6) is 1.02. The molecule has 7 nitrogen and oxygen atoms in total. The molecule has 1 N–H and O–H groups in total. The highest BCUT2D eigenvalue weighted by Gasteiger charge is 2.23. The molecule has 0 spiro atoms. The fourth-order valence-electron chi connectivity index (χ4n) is 3.30. The van der Waals surface area contributed by atoms with E-state index in [2.05, 4.69) is 5.32 Å². The third-order valence-electron chi connectivity index (χ3n) is 4.76. The average Bonchev–Trinajstić information content (AvgIpc) is 3.13. The van der Waals surface area contributed by atoms with Crippen LogP contribution < -0.4 is 24.4 Å². The van der Waals surface area contributed by atoms with Crippen molar-refractivity contribution in [1.82, 2.24) is 0 Å². The summed E-state index contributed by atoms with van der Waals surface area (Å²) in [6, 6.07) is 8.72. The van der Waals surface area contributed by atoms with E-state index < -0.39 is 0 Å². The zero-order chi connectivity index (χ0) is 20.3. The highest BCUT2D eigenvalue weighted by atomic mass is 16.5. The summed E-state index contributed by atoms with van der Waals surface area (Å²) in [6.07, 6.45) is 1.40.